The number of carbonyl (C=O) groups is 1. The van der Waals surface area contributed by atoms with Crippen molar-refractivity contribution in [3.8, 4) is 17.4 Å². The lowest BCUT2D eigenvalue weighted by molar-refractivity contribution is -0.123. The molecule has 0 saturated carbocycles. The smallest absolute Gasteiger partial charge is 0.300 e. The van der Waals surface area contributed by atoms with Crippen LogP contribution in [0.3, 0.4) is 0 Å². The van der Waals surface area contributed by atoms with Gasteiger partial charge < -0.3 is 20.7 Å². The lowest BCUT2D eigenvalue weighted by Crippen LogP contribution is -2.24. The fourth-order valence-electron chi connectivity index (χ4n) is 1.27. The maximum absolute atomic E-state index is 11.4. The summed E-state index contributed by atoms with van der Waals surface area (Å²) in [7, 11) is 0. The summed E-state index contributed by atoms with van der Waals surface area (Å²) >= 11 is 0. The second kappa shape index (κ2) is 6.23. The first-order valence-electron chi connectivity index (χ1n) is 5.61. The second-order valence-corrected chi connectivity index (χ2v) is 3.78. The molecule has 0 bridgehead atoms. The number of hydrazone groups is 1. The van der Waals surface area contributed by atoms with Gasteiger partial charge in [0, 0.05) is 11.6 Å². The van der Waals surface area contributed by atoms with Crippen LogP contribution in [-0.4, -0.2) is 39.3 Å². The Bertz CT molecular complexity index is 669. The predicted molar refractivity (Wildman–Crippen MR) is 69.7 cm³/mol. The van der Waals surface area contributed by atoms with Crippen molar-refractivity contribution in [3.05, 3.63) is 23.8 Å². The van der Waals surface area contributed by atoms with E-state index in [-0.39, 0.29) is 23.2 Å². The zero-order valence-corrected chi connectivity index (χ0v) is 10.6. The second-order valence-electron chi connectivity index (χ2n) is 3.78. The average molecular weight is 293 g/mol. The summed E-state index contributed by atoms with van der Waals surface area (Å²) in [6, 6.07) is 3.94. The van der Waals surface area contributed by atoms with Gasteiger partial charge >= 0.3 is 5.88 Å². The van der Waals surface area contributed by atoms with Crippen LogP contribution in [0.15, 0.2) is 27.9 Å². The molecule has 0 saturated heterocycles. The molecule has 1 amide bonds. The Morgan fingerprint density at radius 2 is 2.29 bits per heavy atom. The number of hydrogen-bond donors (Lipinski definition) is 4. The number of ether oxygens (including phenoxy) is 1. The Hall–Kier alpha value is -3.30. The summed E-state index contributed by atoms with van der Waals surface area (Å²) < 4.78 is 9.20. The van der Waals surface area contributed by atoms with E-state index in [4.69, 9.17) is 15.6 Å². The Morgan fingerprint density at radius 1 is 1.48 bits per heavy atom. The van der Waals surface area contributed by atoms with Gasteiger partial charge in [-0.2, -0.15) is 5.10 Å². The van der Waals surface area contributed by atoms with Crippen molar-refractivity contribution in [2.24, 2.45) is 5.10 Å². The molecule has 0 aliphatic rings. The predicted octanol–water partition coefficient (Wildman–Crippen LogP) is -0.408. The number of phenols is 2. The number of rotatable bonds is 5. The van der Waals surface area contributed by atoms with Crippen LogP contribution < -0.4 is 15.9 Å². The molecule has 0 unspecified atom stereocenters. The van der Waals surface area contributed by atoms with Gasteiger partial charge in [-0.15, -0.1) is 0 Å². The van der Waals surface area contributed by atoms with E-state index < -0.39 is 12.5 Å². The monoisotopic (exact) mass is 293 g/mol. The van der Waals surface area contributed by atoms with E-state index in [0.717, 1.165) is 6.07 Å². The highest BCUT2D eigenvalue weighted by Crippen LogP contribution is 2.20. The molecule has 110 valence electrons. The molecule has 0 spiro atoms. The van der Waals surface area contributed by atoms with Gasteiger partial charge in [-0.1, -0.05) is 0 Å². The van der Waals surface area contributed by atoms with Gasteiger partial charge in [0.25, 0.3) is 5.91 Å². The Labute approximate surface area is 117 Å². The number of aromatic hydroxyl groups is 2. The largest absolute Gasteiger partial charge is 0.508 e. The van der Waals surface area contributed by atoms with Crippen molar-refractivity contribution in [2.75, 3.05) is 12.3 Å². The fraction of sp³-hybridized carbons (Fsp3) is 0.0909. The van der Waals surface area contributed by atoms with E-state index in [0.29, 0.717) is 5.56 Å². The van der Waals surface area contributed by atoms with E-state index in [1.807, 2.05) is 0 Å². The quantitative estimate of drug-likeness (QED) is 0.428. The number of nitrogens with one attached hydrogen (secondary N) is 1. The Morgan fingerprint density at radius 3 is 2.95 bits per heavy atom. The van der Waals surface area contributed by atoms with E-state index in [9.17, 15) is 9.90 Å². The minimum absolute atomic E-state index is 0.0692. The first kappa shape index (κ1) is 14.1. The van der Waals surface area contributed by atoms with Crippen molar-refractivity contribution >= 4 is 17.9 Å². The third-order valence-electron chi connectivity index (χ3n) is 2.23. The highest BCUT2D eigenvalue weighted by atomic mass is 16.6. The van der Waals surface area contributed by atoms with Crippen LogP contribution in [0.1, 0.15) is 5.56 Å². The van der Waals surface area contributed by atoms with Gasteiger partial charge in [-0.25, -0.2) is 10.1 Å². The molecule has 1 heterocycles. The van der Waals surface area contributed by atoms with Crippen LogP contribution in [-0.2, 0) is 4.79 Å². The van der Waals surface area contributed by atoms with Gasteiger partial charge in [0.05, 0.1) is 6.21 Å². The van der Waals surface area contributed by atoms with Crippen LogP contribution in [0, 0.1) is 0 Å². The first-order chi connectivity index (χ1) is 10.1. The number of hydrogen-bond acceptors (Lipinski definition) is 9. The Balaban J connectivity index is 1.83. The van der Waals surface area contributed by atoms with Crippen LogP contribution >= 0.6 is 0 Å². The van der Waals surface area contributed by atoms with Gasteiger partial charge in [-0.05, 0) is 22.4 Å². The lowest BCUT2D eigenvalue weighted by Gasteiger charge is -2.01. The van der Waals surface area contributed by atoms with Crippen LogP contribution in [0.2, 0.25) is 0 Å². The summed E-state index contributed by atoms with van der Waals surface area (Å²) in [5.74, 6) is -0.996. The summed E-state index contributed by atoms with van der Waals surface area (Å²) in [5.41, 5.74) is 7.82. The summed E-state index contributed by atoms with van der Waals surface area (Å²) in [6.07, 6.45) is 1.21. The third kappa shape index (κ3) is 3.83. The molecule has 21 heavy (non-hydrogen) atoms. The van der Waals surface area contributed by atoms with Crippen molar-refractivity contribution in [1.29, 1.82) is 0 Å². The molecule has 1 aromatic heterocycles. The molecular formula is C11H11N5O5. The molecular weight excluding hydrogens is 282 g/mol. The number of nitrogens with zero attached hydrogens (tertiary/aromatic N) is 3. The first-order valence-corrected chi connectivity index (χ1v) is 5.61. The SMILES string of the molecule is Nc1nonc1OCC(=O)N/N=C/c1ccc(O)cc1O. The standard InChI is InChI=1S/C11H11N5O5/c12-10-11(16-21-15-10)20-5-9(19)14-13-4-6-1-2-7(17)3-8(6)18/h1-4,17-18H,5H2,(H2,12,15)(H,14,19)/b13-4+. The molecule has 10 heteroatoms. The molecule has 2 aromatic rings. The van der Waals surface area contributed by atoms with Gasteiger partial charge in [0.1, 0.15) is 11.5 Å². The normalized spacial score (nSPS) is 10.7. The third-order valence-corrected chi connectivity index (χ3v) is 2.23. The lowest BCUT2D eigenvalue weighted by atomic mass is 10.2. The van der Waals surface area contributed by atoms with Crippen molar-refractivity contribution in [3.63, 3.8) is 0 Å². The molecule has 0 aliphatic carbocycles. The van der Waals surface area contributed by atoms with Crippen molar-refractivity contribution < 1.29 is 24.4 Å². The summed E-state index contributed by atoms with van der Waals surface area (Å²) in [5, 5.41) is 28.8. The Kier molecular flexibility index (Phi) is 4.19. The van der Waals surface area contributed by atoms with Crippen LogP contribution in [0.5, 0.6) is 17.4 Å². The van der Waals surface area contributed by atoms with Gasteiger partial charge in [-0.3, -0.25) is 4.79 Å². The van der Waals surface area contributed by atoms with Gasteiger partial charge in [0.2, 0.25) is 5.82 Å². The van der Waals surface area contributed by atoms with Crippen LogP contribution in [0.4, 0.5) is 5.82 Å². The number of benzene rings is 1. The number of amides is 1. The minimum Gasteiger partial charge on any atom is -0.508 e. The maximum Gasteiger partial charge on any atom is 0.300 e. The summed E-state index contributed by atoms with van der Waals surface area (Å²) in [6.45, 7) is -0.392. The zero-order chi connectivity index (χ0) is 15.2. The van der Waals surface area contributed by atoms with E-state index >= 15 is 0 Å². The topological polar surface area (TPSA) is 156 Å². The molecule has 2 rings (SSSR count). The summed E-state index contributed by atoms with van der Waals surface area (Å²) in [4.78, 5) is 11.4. The number of anilines is 1. The number of aromatic nitrogens is 2. The minimum atomic E-state index is -0.577. The molecule has 0 fully saturated rings. The number of carbonyl (C=O) groups excluding carboxylic acids is 1. The molecule has 1 aromatic carbocycles. The van der Waals surface area contributed by atoms with E-state index in [1.54, 1.807) is 0 Å². The molecule has 0 radical (unpaired) electrons. The highest BCUT2D eigenvalue weighted by molar-refractivity contribution is 5.85. The molecule has 0 atom stereocenters. The van der Waals surface area contributed by atoms with Crippen LogP contribution in [0.25, 0.3) is 0 Å². The molecule has 10 nitrogen and oxygen atoms in total. The molecule has 0 aliphatic heterocycles. The highest BCUT2D eigenvalue weighted by Gasteiger charge is 2.09. The van der Waals surface area contributed by atoms with E-state index in [1.165, 1.54) is 18.3 Å². The average Bonchev–Trinajstić information content (AvgIpc) is 2.84. The number of nitrogens with two attached hydrogens (primary N) is 1. The fourth-order valence-corrected chi connectivity index (χ4v) is 1.27. The van der Waals surface area contributed by atoms with E-state index in [2.05, 4.69) is 25.5 Å². The number of phenolic OH excluding ortho intramolecular Hbond substituents is 2. The van der Waals surface area contributed by atoms with Gasteiger partial charge in [0.15, 0.2) is 6.61 Å². The van der Waals surface area contributed by atoms with Crippen molar-refractivity contribution in [2.45, 2.75) is 0 Å². The van der Waals surface area contributed by atoms with Crippen molar-refractivity contribution in [1.82, 2.24) is 15.7 Å². The molecule has 5 N–H and O–H groups in total. The maximum atomic E-state index is 11.4. The number of nitrogen functional groups attached to an aromatic ring is 1. The zero-order valence-electron chi connectivity index (χ0n) is 10.6.